The van der Waals surface area contributed by atoms with Crippen LogP contribution in [0.3, 0.4) is 0 Å². The topological polar surface area (TPSA) is 91.6 Å². The molecule has 2 aromatic rings. The highest BCUT2D eigenvalue weighted by atomic mass is 35.6. The average Bonchev–Trinajstić information content (AvgIpc) is 2.51. The van der Waals surface area contributed by atoms with Crippen molar-refractivity contribution in [1.29, 1.82) is 10.5 Å². The first-order valence-corrected chi connectivity index (χ1v) is 7.74. The van der Waals surface area contributed by atoms with E-state index >= 15 is 0 Å². The third-order valence-corrected chi connectivity index (χ3v) is 3.98. The van der Waals surface area contributed by atoms with E-state index in [1.807, 2.05) is 6.07 Å². The van der Waals surface area contributed by atoms with Gasteiger partial charge < -0.3 is 0 Å². The van der Waals surface area contributed by atoms with Crippen LogP contribution in [0.25, 0.3) is 5.69 Å². The van der Waals surface area contributed by atoms with Crippen LogP contribution >= 0.6 is 46.8 Å². The van der Waals surface area contributed by atoms with Crippen molar-refractivity contribution in [1.82, 2.24) is 8.54 Å². The Morgan fingerprint density at radius 2 is 1.65 bits per heavy atom. The summed E-state index contributed by atoms with van der Waals surface area (Å²) in [6, 6.07) is 9.81. The maximum atomic E-state index is 12.5. The summed E-state index contributed by atoms with van der Waals surface area (Å²) < 4.78 is -0.425. The average molecular weight is 388 g/mol. The second-order valence-corrected chi connectivity index (χ2v) is 8.19. The Morgan fingerprint density at radius 1 is 1.04 bits per heavy atom. The molecule has 0 N–H and O–H groups in total. The number of alkyl halides is 3. The molecule has 0 radical (unpaired) electrons. The van der Waals surface area contributed by atoms with Gasteiger partial charge in [0.1, 0.15) is 17.7 Å². The summed E-state index contributed by atoms with van der Waals surface area (Å²) in [4.78, 5) is 24.6. The minimum Gasteiger partial charge on any atom is -0.267 e. The first kappa shape index (κ1) is 17.5. The van der Waals surface area contributed by atoms with E-state index in [9.17, 15) is 9.59 Å². The molecule has 1 aromatic heterocycles. The second kappa shape index (κ2) is 6.69. The molecule has 0 fully saturated rings. The lowest BCUT2D eigenvalue weighted by Crippen LogP contribution is -2.38. The molecule has 1 heterocycles. The molecule has 0 saturated heterocycles. The largest absolute Gasteiger partial charge is 0.346 e. The van der Waals surface area contributed by atoms with Crippen molar-refractivity contribution < 1.29 is 0 Å². The molecular weight excluding hydrogens is 383 g/mol. The van der Waals surface area contributed by atoms with Gasteiger partial charge in [0.2, 0.25) is 0 Å². The van der Waals surface area contributed by atoms with Crippen LogP contribution in [-0.2, 0) is 0 Å². The molecule has 6 nitrogen and oxygen atoms in total. The minimum atomic E-state index is -1.98. The van der Waals surface area contributed by atoms with Crippen molar-refractivity contribution in [2.75, 3.05) is 0 Å². The lowest BCUT2D eigenvalue weighted by molar-refractivity contribution is 0.856. The van der Waals surface area contributed by atoms with Crippen LogP contribution in [0, 0.1) is 22.7 Å². The summed E-state index contributed by atoms with van der Waals surface area (Å²) in [6.07, 6.45) is 1.05. The van der Waals surface area contributed by atoms with Gasteiger partial charge in [0.05, 0.1) is 11.3 Å². The van der Waals surface area contributed by atoms with Crippen LogP contribution in [0.2, 0.25) is 0 Å². The molecule has 0 unspecified atom stereocenters. The molecule has 116 valence electrons. The Hall–Kier alpha value is -1.90. The lowest BCUT2D eigenvalue weighted by atomic mass is 10.2. The highest BCUT2D eigenvalue weighted by molar-refractivity contribution is 8.03. The van der Waals surface area contributed by atoms with Gasteiger partial charge in [0.25, 0.3) is 8.68 Å². The molecule has 1 aromatic carbocycles. The van der Waals surface area contributed by atoms with Crippen molar-refractivity contribution in [3.05, 3.63) is 62.4 Å². The van der Waals surface area contributed by atoms with Gasteiger partial charge in [0, 0.05) is 18.1 Å². The molecular formula is C13H5Cl3N4O2S. The van der Waals surface area contributed by atoms with Crippen LogP contribution in [0.4, 0.5) is 0 Å². The third kappa shape index (κ3) is 3.72. The third-order valence-electron chi connectivity index (χ3n) is 2.65. The lowest BCUT2D eigenvalue weighted by Gasteiger charge is -2.14. The fourth-order valence-corrected chi connectivity index (χ4v) is 2.92. The summed E-state index contributed by atoms with van der Waals surface area (Å²) in [5.41, 5.74) is -1.70. The Balaban J connectivity index is 2.85. The molecule has 0 spiro atoms. The van der Waals surface area contributed by atoms with Crippen LogP contribution in [-0.4, -0.2) is 11.7 Å². The zero-order valence-electron chi connectivity index (χ0n) is 11.0. The van der Waals surface area contributed by atoms with Gasteiger partial charge in [-0.2, -0.15) is 14.5 Å². The number of halogens is 3. The predicted octanol–water partition coefficient (Wildman–Crippen LogP) is 2.57. The molecule has 10 heteroatoms. The number of aromatic nitrogens is 2. The number of rotatable bonds is 2. The molecule has 0 atom stereocenters. The van der Waals surface area contributed by atoms with Crippen LogP contribution in [0.1, 0.15) is 11.1 Å². The van der Waals surface area contributed by atoms with Crippen molar-refractivity contribution in [2.24, 2.45) is 0 Å². The fraction of sp³-hybridized carbons (Fsp3) is 0.0769. The second-order valence-electron chi connectivity index (χ2n) is 4.07. The van der Waals surface area contributed by atoms with Gasteiger partial charge in [-0.15, -0.1) is 0 Å². The number of hydrogen-bond acceptors (Lipinski definition) is 5. The Labute approximate surface area is 149 Å². The highest BCUT2D eigenvalue weighted by Crippen LogP contribution is 2.38. The van der Waals surface area contributed by atoms with E-state index in [2.05, 4.69) is 0 Å². The van der Waals surface area contributed by atoms with E-state index in [4.69, 9.17) is 45.3 Å². The first-order chi connectivity index (χ1) is 10.8. The molecule has 23 heavy (non-hydrogen) atoms. The molecule has 0 aliphatic rings. The number of hydrogen-bond donors (Lipinski definition) is 0. The molecule has 0 aliphatic heterocycles. The van der Waals surface area contributed by atoms with E-state index in [-0.39, 0.29) is 16.8 Å². The molecule has 2 rings (SSSR count). The van der Waals surface area contributed by atoms with Crippen LogP contribution < -0.4 is 11.2 Å². The minimum absolute atomic E-state index is 0.183. The first-order valence-electron chi connectivity index (χ1n) is 5.83. The monoisotopic (exact) mass is 386 g/mol. The van der Waals surface area contributed by atoms with E-state index in [1.54, 1.807) is 18.2 Å². The maximum Gasteiger partial charge on any atom is 0.346 e. The molecule has 0 aliphatic carbocycles. The SMILES string of the molecule is N#Cc1ccccc1-n1cc(C#N)c(=O)n(SC(Cl)(Cl)Cl)c1=O. The Morgan fingerprint density at radius 3 is 2.22 bits per heavy atom. The van der Waals surface area contributed by atoms with Crippen molar-refractivity contribution in [3.8, 4) is 17.8 Å². The summed E-state index contributed by atoms with van der Waals surface area (Å²) in [5, 5.41) is 18.2. The summed E-state index contributed by atoms with van der Waals surface area (Å²) >= 11 is 17.2. The van der Waals surface area contributed by atoms with Gasteiger partial charge in [-0.25, -0.2) is 4.79 Å². The van der Waals surface area contributed by atoms with Gasteiger partial charge in [0.15, 0.2) is 0 Å². The van der Waals surface area contributed by atoms with E-state index in [0.717, 1.165) is 10.8 Å². The van der Waals surface area contributed by atoms with Gasteiger partial charge in [-0.3, -0.25) is 9.36 Å². The van der Waals surface area contributed by atoms with E-state index in [1.165, 1.54) is 12.1 Å². The van der Waals surface area contributed by atoms with Crippen LogP contribution in [0.5, 0.6) is 0 Å². The van der Waals surface area contributed by atoms with Crippen molar-refractivity contribution in [2.45, 2.75) is 3.12 Å². The normalized spacial score (nSPS) is 10.8. The van der Waals surface area contributed by atoms with E-state index < -0.39 is 14.4 Å². The smallest absolute Gasteiger partial charge is 0.267 e. The number of nitriles is 2. The number of benzene rings is 1. The van der Waals surface area contributed by atoms with E-state index in [0.29, 0.717) is 15.9 Å². The number of para-hydroxylation sites is 1. The standard InChI is InChI=1S/C13H5Cl3N4O2S/c14-13(15,16)23-20-11(21)9(6-18)7-19(12(20)22)10-4-2-1-3-8(10)5-17/h1-4,7H. The van der Waals surface area contributed by atoms with Gasteiger partial charge in [-0.1, -0.05) is 46.9 Å². The van der Waals surface area contributed by atoms with Crippen molar-refractivity contribution >= 4 is 46.8 Å². The zero-order chi connectivity index (χ0) is 17.2. The number of nitrogens with zero attached hydrogens (tertiary/aromatic N) is 4. The summed E-state index contributed by atoms with van der Waals surface area (Å²) in [6.45, 7) is 0. The zero-order valence-corrected chi connectivity index (χ0v) is 14.1. The quantitative estimate of drug-likeness (QED) is 0.739. The summed E-state index contributed by atoms with van der Waals surface area (Å²) in [7, 11) is 0. The highest BCUT2D eigenvalue weighted by Gasteiger charge is 2.26. The Kier molecular flexibility index (Phi) is 5.08. The van der Waals surface area contributed by atoms with Gasteiger partial charge >= 0.3 is 5.69 Å². The van der Waals surface area contributed by atoms with Crippen molar-refractivity contribution in [3.63, 3.8) is 0 Å². The fourth-order valence-electron chi connectivity index (χ4n) is 1.75. The molecule has 0 bridgehead atoms. The predicted molar refractivity (Wildman–Crippen MR) is 89.0 cm³/mol. The molecule has 0 amide bonds. The van der Waals surface area contributed by atoms with Crippen LogP contribution in [0.15, 0.2) is 40.1 Å². The maximum absolute atomic E-state index is 12.5. The Bertz CT molecular complexity index is 963. The summed E-state index contributed by atoms with van der Waals surface area (Å²) in [5.74, 6) is 0. The van der Waals surface area contributed by atoms with Gasteiger partial charge in [-0.05, 0) is 12.1 Å². The molecule has 0 saturated carbocycles.